The molecule has 0 atom stereocenters. The van der Waals surface area contributed by atoms with E-state index in [0.29, 0.717) is 6.04 Å². The smallest absolute Gasteiger partial charge is 0.147 e. The van der Waals surface area contributed by atoms with E-state index in [2.05, 4.69) is 33.9 Å². The minimum atomic E-state index is 0.636. The fourth-order valence-electron chi connectivity index (χ4n) is 2.58. The predicted molar refractivity (Wildman–Crippen MR) is 64.3 cm³/mol. The molecule has 2 rings (SSSR count). The van der Waals surface area contributed by atoms with Gasteiger partial charge in [-0.1, -0.05) is 26.2 Å². The monoisotopic (exact) mass is 222 g/mol. The standard InChI is InChI=1S/C12H22N4/c1-3-13-9-12-15-14-10(2)16(12)11-7-5-4-6-8-11/h11,13H,3-9H2,1-2H3. The molecule has 1 aliphatic carbocycles. The SMILES string of the molecule is CCNCc1nnc(C)n1C1CCCCC1. The maximum atomic E-state index is 4.28. The Labute approximate surface area is 97.5 Å². The van der Waals surface area contributed by atoms with Crippen molar-refractivity contribution in [3.05, 3.63) is 11.6 Å². The highest BCUT2D eigenvalue weighted by molar-refractivity contribution is 4.97. The Bertz CT molecular complexity index is 326. The Morgan fingerprint density at radius 3 is 2.69 bits per heavy atom. The molecule has 1 aromatic heterocycles. The fraction of sp³-hybridized carbons (Fsp3) is 0.833. The molecule has 0 bridgehead atoms. The summed E-state index contributed by atoms with van der Waals surface area (Å²) in [6.07, 6.45) is 6.67. The molecule has 0 saturated heterocycles. The fourth-order valence-corrected chi connectivity index (χ4v) is 2.58. The van der Waals surface area contributed by atoms with Gasteiger partial charge in [-0.05, 0) is 26.3 Å². The molecule has 4 heteroatoms. The summed E-state index contributed by atoms with van der Waals surface area (Å²) < 4.78 is 2.35. The molecule has 0 spiro atoms. The average Bonchev–Trinajstić information content (AvgIpc) is 2.69. The molecule has 1 aromatic rings. The van der Waals surface area contributed by atoms with Gasteiger partial charge < -0.3 is 9.88 Å². The van der Waals surface area contributed by atoms with Crippen LogP contribution in [0.15, 0.2) is 0 Å². The molecule has 4 nitrogen and oxygen atoms in total. The number of rotatable bonds is 4. The Hall–Kier alpha value is -0.900. The summed E-state index contributed by atoms with van der Waals surface area (Å²) in [6.45, 7) is 6.01. The molecule has 1 N–H and O–H groups in total. The highest BCUT2D eigenvalue weighted by Gasteiger charge is 2.20. The van der Waals surface area contributed by atoms with Crippen molar-refractivity contribution in [2.24, 2.45) is 0 Å². The third kappa shape index (κ3) is 2.43. The maximum absolute atomic E-state index is 4.28. The van der Waals surface area contributed by atoms with E-state index in [1.807, 2.05) is 0 Å². The van der Waals surface area contributed by atoms with Gasteiger partial charge in [-0.25, -0.2) is 0 Å². The van der Waals surface area contributed by atoms with Crippen molar-refractivity contribution < 1.29 is 0 Å². The van der Waals surface area contributed by atoms with Gasteiger partial charge in [0.1, 0.15) is 11.6 Å². The van der Waals surface area contributed by atoms with Crippen molar-refractivity contribution in [1.29, 1.82) is 0 Å². The van der Waals surface area contributed by atoms with Crippen molar-refractivity contribution in [3.8, 4) is 0 Å². The molecule has 1 aliphatic rings. The van der Waals surface area contributed by atoms with E-state index in [1.165, 1.54) is 32.1 Å². The van der Waals surface area contributed by atoms with Crippen LogP contribution in [0.25, 0.3) is 0 Å². The molecular formula is C12H22N4. The molecule has 0 aliphatic heterocycles. The second kappa shape index (κ2) is 5.43. The quantitative estimate of drug-likeness (QED) is 0.849. The lowest BCUT2D eigenvalue weighted by molar-refractivity contribution is 0.339. The van der Waals surface area contributed by atoms with Gasteiger partial charge in [0.05, 0.1) is 6.54 Å². The number of nitrogens with one attached hydrogen (secondary N) is 1. The summed E-state index contributed by atoms with van der Waals surface area (Å²) in [6, 6.07) is 0.636. The van der Waals surface area contributed by atoms with Gasteiger partial charge in [-0.3, -0.25) is 0 Å². The first-order chi connectivity index (χ1) is 7.83. The van der Waals surface area contributed by atoms with Crippen molar-refractivity contribution in [2.75, 3.05) is 6.54 Å². The lowest BCUT2D eigenvalue weighted by Gasteiger charge is -2.25. The van der Waals surface area contributed by atoms with Crippen LogP contribution in [0, 0.1) is 6.92 Å². The minimum absolute atomic E-state index is 0.636. The van der Waals surface area contributed by atoms with Crippen LogP contribution >= 0.6 is 0 Å². The molecule has 0 radical (unpaired) electrons. The highest BCUT2D eigenvalue weighted by atomic mass is 15.3. The van der Waals surface area contributed by atoms with Gasteiger partial charge in [0.25, 0.3) is 0 Å². The van der Waals surface area contributed by atoms with E-state index in [0.717, 1.165) is 24.7 Å². The first-order valence-corrected chi connectivity index (χ1v) is 6.44. The first-order valence-electron chi connectivity index (χ1n) is 6.44. The first kappa shape index (κ1) is 11.6. The predicted octanol–water partition coefficient (Wildman–Crippen LogP) is 2.20. The maximum Gasteiger partial charge on any atom is 0.147 e. The van der Waals surface area contributed by atoms with Crippen LogP contribution in [0.1, 0.15) is 56.7 Å². The molecule has 0 amide bonds. The van der Waals surface area contributed by atoms with Crippen LogP contribution in [0.3, 0.4) is 0 Å². The number of hydrogen-bond donors (Lipinski definition) is 1. The van der Waals surface area contributed by atoms with Crippen molar-refractivity contribution in [1.82, 2.24) is 20.1 Å². The van der Waals surface area contributed by atoms with E-state index in [4.69, 9.17) is 0 Å². The van der Waals surface area contributed by atoms with Gasteiger partial charge >= 0.3 is 0 Å². The van der Waals surface area contributed by atoms with Gasteiger partial charge in [0.2, 0.25) is 0 Å². The molecule has 1 heterocycles. The van der Waals surface area contributed by atoms with Gasteiger partial charge in [-0.2, -0.15) is 0 Å². The van der Waals surface area contributed by atoms with Gasteiger partial charge in [0, 0.05) is 6.04 Å². The summed E-state index contributed by atoms with van der Waals surface area (Å²) in [5, 5.41) is 11.8. The summed E-state index contributed by atoms with van der Waals surface area (Å²) >= 11 is 0. The molecular weight excluding hydrogens is 200 g/mol. The summed E-state index contributed by atoms with van der Waals surface area (Å²) in [5.41, 5.74) is 0. The lowest BCUT2D eigenvalue weighted by atomic mass is 9.95. The van der Waals surface area contributed by atoms with Crippen LogP contribution in [0.4, 0.5) is 0 Å². The van der Waals surface area contributed by atoms with Crippen LogP contribution < -0.4 is 5.32 Å². The molecule has 1 saturated carbocycles. The summed E-state index contributed by atoms with van der Waals surface area (Å²) in [7, 11) is 0. The van der Waals surface area contributed by atoms with Gasteiger partial charge in [-0.15, -0.1) is 10.2 Å². The highest BCUT2D eigenvalue weighted by Crippen LogP contribution is 2.29. The third-order valence-electron chi connectivity index (χ3n) is 3.41. The summed E-state index contributed by atoms with van der Waals surface area (Å²) in [5.74, 6) is 2.17. The number of nitrogens with zero attached hydrogens (tertiary/aromatic N) is 3. The normalized spacial score (nSPS) is 17.9. The summed E-state index contributed by atoms with van der Waals surface area (Å²) in [4.78, 5) is 0. The second-order valence-electron chi connectivity index (χ2n) is 4.61. The van der Waals surface area contributed by atoms with Crippen LogP contribution in [-0.4, -0.2) is 21.3 Å². The van der Waals surface area contributed by atoms with E-state index >= 15 is 0 Å². The Kier molecular flexibility index (Phi) is 3.93. The topological polar surface area (TPSA) is 42.7 Å². The van der Waals surface area contributed by atoms with E-state index in [1.54, 1.807) is 0 Å². The van der Waals surface area contributed by atoms with E-state index in [-0.39, 0.29) is 0 Å². The number of hydrogen-bond acceptors (Lipinski definition) is 3. The number of aromatic nitrogens is 3. The number of aryl methyl sites for hydroxylation is 1. The van der Waals surface area contributed by atoms with Crippen LogP contribution in [0.2, 0.25) is 0 Å². The van der Waals surface area contributed by atoms with Gasteiger partial charge in [0.15, 0.2) is 0 Å². The van der Waals surface area contributed by atoms with E-state index in [9.17, 15) is 0 Å². The van der Waals surface area contributed by atoms with Crippen molar-refractivity contribution in [2.45, 2.75) is 58.5 Å². The Morgan fingerprint density at radius 2 is 2.00 bits per heavy atom. The third-order valence-corrected chi connectivity index (χ3v) is 3.41. The molecule has 0 aromatic carbocycles. The molecule has 90 valence electrons. The minimum Gasteiger partial charge on any atom is -0.311 e. The van der Waals surface area contributed by atoms with Crippen LogP contribution in [0.5, 0.6) is 0 Å². The van der Waals surface area contributed by atoms with E-state index < -0.39 is 0 Å². The zero-order chi connectivity index (χ0) is 11.4. The Morgan fingerprint density at radius 1 is 1.25 bits per heavy atom. The van der Waals surface area contributed by atoms with Crippen molar-refractivity contribution >= 4 is 0 Å². The van der Waals surface area contributed by atoms with Crippen LogP contribution in [-0.2, 0) is 6.54 Å². The lowest BCUT2D eigenvalue weighted by Crippen LogP contribution is -2.21. The molecule has 16 heavy (non-hydrogen) atoms. The zero-order valence-corrected chi connectivity index (χ0v) is 10.4. The van der Waals surface area contributed by atoms with Crippen molar-refractivity contribution in [3.63, 3.8) is 0 Å². The zero-order valence-electron chi connectivity index (χ0n) is 10.4. The molecule has 1 fully saturated rings. The molecule has 0 unspecified atom stereocenters. The average molecular weight is 222 g/mol. The largest absolute Gasteiger partial charge is 0.311 e. The second-order valence-corrected chi connectivity index (χ2v) is 4.61. The Balaban J connectivity index is 2.13.